The summed E-state index contributed by atoms with van der Waals surface area (Å²) in [5.41, 5.74) is 2.97. The molecule has 38 nitrogen and oxygen atoms in total. The minimum absolute atomic E-state index is 0.0189. The van der Waals surface area contributed by atoms with Crippen molar-refractivity contribution in [1.82, 2.24) is 63.0 Å². The Morgan fingerprint density at radius 2 is 0.752 bits per heavy atom. The number of ether oxygens (including phenoxy) is 9. The Bertz CT molecular complexity index is 4400. The lowest BCUT2D eigenvalue weighted by molar-refractivity contribution is -0.134. The van der Waals surface area contributed by atoms with Gasteiger partial charge in [0.05, 0.1) is 69.3 Å². The summed E-state index contributed by atoms with van der Waals surface area (Å²) in [7, 11) is 0. The molecule has 4 aromatic carbocycles. The first-order valence-corrected chi connectivity index (χ1v) is 38.4. The maximum atomic E-state index is 13.7. The van der Waals surface area contributed by atoms with Crippen molar-refractivity contribution in [2.24, 2.45) is 0 Å². The number of amides is 8. The topological polar surface area (TPSA) is 482 Å². The molecule has 8 amide bonds. The minimum Gasteiger partial charge on any atom is -0.423 e. The van der Waals surface area contributed by atoms with Crippen LogP contribution in [0.15, 0.2) is 75.9 Å². The van der Waals surface area contributed by atoms with Crippen LogP contribution in [0.2, 0.25) is 0 Å². The average molecular weight is 1630 g/mol. The van der Waals surface area contributed by atoms with Gasteiger partial charge in [0.25, 0.3) is 23.6 Å². The van der Waals surface area contributed by atoms with E-state index in [1.165, 1.54) is 65.8 Å². The van der Waals surface area contributed by atoms with Crippen molar-refractivity contribution < 1.29 is 114 Å². The number of nitrogens with zero attached hydrogens (tertiary/aromatic N) is 3. The third kappa shape index (κ3) is 32.1. The second-order valence-electron chi connectivity index (χ2n) is 26.8. The lowest BCUT2D eigenvalue weighted by atomic mass is 9.90. The van der Waals surface area contributed by atoms with Crippen molar-refractivity contribution in [1.29, 1.82) is 0 Å². The molecule has 0 radical (unpaired) electrons. The van der Waals surface area contributed by atoms with E-state index in [-0.39, 0.29) is 207 Å². The van der Waals surface area contributed by atoms with Gasteiger partial charge in [-0.3, -0.25) is 76.9 Å². The lowest BCUT2D eigenvalue weighted by Gasteiger charge is -2.37. The summed E-state index contributed by atoms with van der Waals surface area (Å²) in [4.78, 5) is 196. The molecule has 0 atom stereocenters. The standard InChI is InChI=1S/C79H103N13O25/c1-50(93)111-63-19-7-15-59(72(63)114-53(4)96)75(103)87-27-24-83-66(99)46-80-30-34-90(48-68(101)82-22-12-38-108-40-42-110-43-41-109-39-13-23-86-78(106)62-45-57-44-56-14-10-32-92-33-11-18-58(70(56)92)71(57)117-79(62)107)36-37-91(49-69(102)85-26-29-89-77(105)61-17-9-21-65(113-52(3)95)74(61)116-55(6)98)35-31-81-47-67(100)84-25-28-88-76(104)60-16-8-20-64(112-51(2)94)73(60)115-54(5)97/h7-9,15-17,19-21,44-45,80-81H,10-14,18,22-43,46-49H2,1-6H3,(H,82,101)(H,83,99)(H,84,100)(H,85,102)(H,86,106)(H,87,103)(H,88,104)(H,89,105). The van der Waals surface area contributed by atoms with Gasteiger partial charge >= 0.3 is 41.4 Å². The van der Waals surface area contributed by atoms with Crippen molar-refractivity contribution in [3.8, 4) is 34.5 Å². The Labute approximate surface area is 674 Å². The third-order valence-corrected chi connectivity index (χ3v) is 17.4. The van der Waals surface area contributed by atoms with E-state index in [1.807, 2.05) is 6.07 Å². The molecule has 0 saturated heterocycles. The summed E-state index contributed by atoms with van der Waals surface area (Å²) >= 11 is 0. The van der Waals surface area contributed by atoms with Gasteiger partial charge in [0.2, 0.25) is 23.6 Å². The van der Waals surface area contributed by atoms with E-state index in [1.54, 1.807) is 15.9 Å². The minimum atomic E-state index is -0.784. The number of benzene rings is 4. The van der Waals surface area contributed by atoms with Crippen molar-refractivity contribution in [3.05, 3.63) is 111 Å². The number of fused-ring (bicyclic) bond motifs is 2. The van der Waals surface area contributed by atoms with Crippen LogP contribution in [-0.4, -0.2) is 263 Å². The molecule has 0 bridgehead atoms. The summed E-state index contributed by atoms with van der Waals surface area (Å²) in [6, 6.07) is 16.1. The number of para-hydroxylation sites is 3. The summed E-state index contributed by atoms with van der Waals surface area (Å²) < 4.78 is 53.8. The quantitative estimate of drug-likeness (QED) is 0.0107. The SMILES string of the molecule is CC(=O)Oc1cccc(C(=O)NCCNC(=O)CNCCN(CCN(CCNCC(=O)NCCNC(=O)c2cccc(OC(C)=O)c2OC(C)=O)CC(=O)NCCNC(=O)c2cccc(OC(C)=O)c2OC(C)=O)CC(=O)NCCCOCCOCCOCCCNC(=O)c2cc3cc4c5c(c3oc2=O)CCCN5CCC4)c1OC(C)=O. The smallest absolute Gasteiger partial charge is 0.349 e. The highest BCUT2D eigenvalue weighted by Crippen LogP contribution is 2.40. The Kier molecular flexibility index (Phi) is 38.8. The molecule has 2 aliphatic heterocycles. The normalized spacial score (nSPS) is 12.0. The summed E-state index contributed by atoms with van der Waals surface area (Å²) in [5, 5.41) is 28.5. The van der Waals surface area contributed by atoms with Crippen LogP contribution in [0.5, 0.6) is 34.5 Å². The van der Waals surface area contributed by atoms with Gasteiger partial charge < -0.3 is 105 Å². The molecule has 5 aromatic rings. The van der Waals surface area contributed by atoms with Crippen LogP contribution in [0.4, 0.5) is 5.69 Å². The predicted molar refractivity (Wildman–Crippen MR) is 420 cm³/mol. The van der Waals surface area contributed by atoms with Crippen molar-refractivity contribution in [2.45, 2.75) is 80.1 Å². The molecule has 1 aromatic heterocycles. The largest absolute Gasteiger partial charge is 0.423 e. The molecule has 0 spiro atoms. The van der Waals surface area contributed by atoms with Gasteiger partial charge in [0, 0.05) is 176 Å². The van der Waals surface area contributed by atoms with E-state index in [9.17, 15) is 71.9 Å². The molecule has 0 unspecified atom stereocenters. The van der Waals surface area contributed by atoms with Gasteiger partial charge in [-0.25, -0.2) is 4.79 Å². The molecule has 117 heavy (non-hydrogen) atoms. The lowest BCUT2D eigenvalue weighted by Crippen LogP contribution is -2.48. The van der Waals surface area contributed by atoms with Gasteiger partial charge in [-0.2, -0.15) is 0 Å². The van der Waals surface area contributed by atoms with Gasteiger partial charge in [0.1, 0.15) is 11.1 Å². The molecule has 3 heterocycles. The zero-order valence-corrected chi connectivity index (χ0v) is 66.5. The highest BCUT2D eigenvalue weighted by atomic mass is 16.6. The fourth-order valence-corrected chi connectivity index (χ4v) is 12.3. The van der Waals surface area contributed by atoms with Gasteiger partial charge in [-0.05, 0) is 92.6 Å². The Morgan fingerprint density at radius 3 is 1.17 bits per heavy atom. The van der Waals surface area contributed by atoms with Crippen LogP contribution < -0.4 is 92.1 Å². The second-order valence-corrected chi connectivity index (χ2v) is 26.8. The Hall–Kier alpha value is -11.8. The van der Waals surface area contributed by atoms with E-state index in [2.05, 4.69) is 58.1 Å². The molecule has 7 rings (SSSR count). The molecule has 38 heteroatoms. The van der Waals surface area contributed by atoms with E-state index < -0.39 is 82.8 Å². The maximum absolute atomic E-state index is 13.7. The monoisotopic (exact) mass is 1630 g/mol. The zero-order valence-electron chi connectivity index (χ0n) is 66.5. The first kappa shape index (κ1) is 92.4. The molecule has 2 aliphatic rings. The number of carbonyl (C=O) groups excluding carboxylic acids is 14. The molecule has 634 valence electrons. The maximum Gasteiger partial charge on any atom is 0.349 e. The molecule has 0 aliphatic carbocycles. The van der Waals surface area contributed by atoms with Crippen LogP contribution in [0, 0.1) is 0 Å². The van der Waals surface area contributed by atoms with Crippen LogP contribution in [0.3, 0.4) is 0 Å². The van der Waals surface area contributed by atoms with Crippen LogP contribution in [0.1, 0.15) is 120 Å². The average Bonchev–Trinajstić information content (AvgIpc) is 0.745. The first-order valence-electron chi connectivity index (χ1n) is 38.4. The van der Waals surface area contributed by atoms with Crippen LogP contribution in [0.25, 0.3) is 11.0 Å². The van der Waals surface area contributed by atoms with E-state index in [0.717, 1.165) is 91.3 Å². The van der Waals surface area contributed by atoms with E-state index >= 15 is 0 Å². The van der Waals surface area contributed by atoms with E-state index in [4.69, 9.17) is 47.0 Å². The van der Waals surface area contributed by atoms with Crippen molar-refractivity contribution in [2.75, 3.05) is 175 Å². The van der Waals surface area contributed by atoms with Gasteiger partial charge in [-0.15, -0.1) is 0 Å². The molecular formula is C79H103N13O25. The number of rotatable bonds is 50. The molecule has 10 N–H and O–H groups in total. The van der Waals surface area contributed by atoms with Gasteiger partial charge in [-0.1, -0.05) is 18.2 Å². The zero-order chi connectivity index (χ0) is 84.6. The van der Waals surface area contributed by atoms with Gasteiger partial charge in [0.15, 0.2) is 34.5 Å². The van der Waals surface area contributed by atoms with Crippen LogP contribution in [-0.2, 0) is 75.0 Å². The number of anilines is 1. The molecule has 0 saturated carbocycles. The predicted octanol–water partition coefficient (Wildman–Crippen LogP) is 0.141. The second kappa shape index (κ2) is 49.2. The Morgan fingerprint density at radius 1 is 0.393 bits per heavy atom. The number of aryl methyl sites for hydroxylation is 2. The number of hydrogen-bond acceptors (Lipinski definition) is 30. The van der Waals surface area contributed by atoms with Crippen molar-refractivity contribution >= 4 is 99.7 Å². The summed E-state index contributed by atoms with van der Waals surface area (Å²) in [6.45, 7) is 10.9. The molecule has 0 fully saturated rings. The number of nitrogens with one attached hydrogen (secondary N) is 10. The number of hydrogen-bond donors (Lipinski definition) is 10. The number of esters is 6. The highest BCUT2D eigenvalue weighted by Gasteiger charge is 2.30. The highest BCUT2D eigenvalue weighted by molar-refractivity contribution is 6.01. The summed E-state index contributed by atoms with van der Waals surface area (Å²) in [6.07, 6.45) is 4.73. The Balaban J connectivity index is 0.886. The number of carbonyl (C=O) groups is 14. The third-order valence-electron chi connectivity index (χ3n) is 17.4. The van der Waals surface area contributed by atoms with Crippen LogP contribution >= 0.6 is 0 Å². The fraction of sp³-hybridized carbons (Fsp3) is 0.481. The first-order chi connectivity index (χ1) is 56.2. The fourth-order valence-electron chi connectivity index (χ4n) is 12.3. The molecular weight excluding hydrogens is 1530 g/mol. The van der Waals surface area contributed by atoms with E-state index in [0.29, 0.717) is 31.6 Å². The summed E-state index contributed by atoms with van der Waals surface area (Å²) in [5.74, 6) is -10.1. The van der Waals surface area contributed by atoms with Crippen molar-refractivity contribution in [3.63, 3.8) is 0 Å².